The smallest absolute Gasteiger partial charge is 0.294 e. The van der Waals surface area contributed by atoms with Gasteiger partial charge >= 0.3 is 0 Å². The van der Waals surface area contributed by atoms with Crippen molar-refractivity contribution in [2.24, 2.45) is 5.92 Å². The summed E-state index contributed by atoms with van der Waals surface area (Å²) in [4.78, 5) is 32.3. The Morgan fingerprint density at radius 2 is 1.96 bits per heavy atom. The van der Waals surface area contributed by atoms with Gasteiger partial charge in [-0.2, -0.15) is 0 Å². The van der Waals surface area contributed by atoms with Gasteiger partial charge in [-0.05, 0) is 37.3 Å². The van der Waals surface area contributed by atoms with Crippen LogP contribution in [0.1, 0.15) is 48.4 Å². The van der Waals surface area contributed by atoms with Crippen molar-refractivity contribution in [3.05, 3.63) is 56.1 Å². The maximum Gasteiger partial charge on any atom is 0.294 e. The van der Waals surface area contributed by atoms with Gasteiger partial charge in [0.05, 0.1) is 11.6 Å². The lowest BCUT2D eigenvalue weighted by Crippen LogP contribution is -2.18. The first-order valence-corrected chi connectivity index (χ1v) is 9.71. The molecule has 0 bridgehead atoms. The largest absolute Gasteiger partial charge is 0.314 e. The first-order chi connectivity index (χ1) is 12.8. The number of hydrogen-bond donors (Lipinski definition) is 1. The number of carbonyl (C=O) groups is 1. The van der Waals surface area contributed by atoms with Gasteiger partial charge in [0.1, 0.15) is 6.61 Å². The van der Waals surface area contributed by atoms with E-state index in [9.17, 15) is 14.9 Å². The predicted octanol–water partition coefficient (Wildman–Crippen LogP) is 4.14. The van der Waals surface area contributed by atoms with Crippen molar-refractivity contribution in [3.63, 3.8) is 0 Å². The van der Waals surface area contributed by atoms with E-state index >= 15 is 0 Å². The van der Waals surface area contributed by atoms with E-state index in [-0.39, 0.29) is 18.4 Å². The molecule has 2 aromatic rings. The molecule has 0 unspecified atom stereocenters. The van der Waals surface area contributed by atoms with Crippen LogP contribution < -0.4 is 5.32 Å². The molecule has 1 aromatic heterocycles. The summed E-state index contributed by atoms with van der Waals surface area (Å²) >= 11 is 1.32. The fourth-order valence-electron chi connectivity index (χ4n) is 2.71. The maximum atomic E-state index is 12.5. The summed E-state index contributed by atoms with van der Waals surface area (Å²) < 4.78 is 0. The van der Waals surface area contributed by atoms with Crippen LogP contribution in [0.15, 0.2) is 24.3 Å². The van der Waals surface area contributed by atoms with Crippen molar-refractivity contribution in [1.29, 1.82) is 0 Å². The second-order valence-electron chi connectivity index (χ2n) is 6.88. The van der Waals surface area contributed by atoms with Gasteiger partial charge in [0.25, 0.3) is 5.09 Å². The summed E-state index contributed by atoms with van der Waals surface area (Å²) in [5, 5.41) is 12.7. The van der Waals surface area contributed by atoms with Crippen LogP contribution in [0.3, 0.4) is 0 Å². The summed E-state index contributed by atoms with van der Waals surface area (Å²) in [5.74, 6) is 0.159. The number of nitrogens with zero attached hydrogens (tertiary/aromatic N) is 2. The number of nitrogens with one attached hydrogen (secondary N) is 1. The maximum absolute atomic E-state index is 12.5. The van der Waals surface area contributed by atoms with Gasteiger partial charge in [-0.25, -0.2) is 4.98 Å². The van der Waals surface area contributed by atoms with Crippen molar-refractivity contribution in [1.82, 2.24) is 4.98 Å². The molecule has 0 saturated heterocycles. The lowest BCUT2D eigenvalue weighted by molar-refractivity contribution is -0.757. The molecule has 1 amide bonds. The van der Waals surface area contributed by atoms with Crippen LogP contribution >= 0.6 is 11.3 Å². The van der Waals surface area contributed by atoms with Gasteiger partial charge in [0, 0.05) is 11.3 Å². The second kappa shape index (κ2) is 9.45. The normalized spacial score (nSPS) is 12.0. The van der Waals surface area contributed by atoms with Crippen molar-refractivity contribution in [2.75, 3.05) is 11.9 Å². The SMILES string of the molecule is Cc1nc(NC(=O)[C@@H](C)c2ccc(CC(C)C)cc2)sc1CCO[N+](=O)[O-]. The molecule has 1 aromatic carbocycles. The Kier molecular flexibility index (Phi) is 7.29. The van der Waals surface area contributed by atoms with Crippen LogP contribution in [0.4, 0.5) is 5.13 Å². The molecule has 2 rings (SSSR count). The molecule has 1 atom stereocenters. The van der Waals surface area contributed by atoms with Crippen LogP contribution in [0.2, 0.25) is 0 Å². The molecule has 0 saturated carbocycles. The Morgan fingerprint density at radius 3 is 2.56 bits per heavy atom. The van der Waals surface area contributed by atoms with Crippen molar-refractivity contribution < 1.29 is 14.7 Å². The van der Waals surface area contributed by atoms with E-state index in [0.717, 1.165) is 22.6 Å². The van der Waals surface area contributed by atoms with Gasteiger partial charge in [-0.3, -0.25) is 4.79 Å². The zero-order valence-corrected chi connectivity index (χ0v) is 16.8. The third-order valence-corrected chi connectivity index (χ3v) is 5.30. The van der Waals surface area contributed by atoms with E-state index in [4.69, 9.17) is 0 Å². The molecule has 0 aliphatic heterocycles. The molecular weight excluding hydrogens is 366 g/mol. The molecular formula is C19H25N3O4S. The Morgan fingerprint density at radius 1 is 1.30 bits per heavy atom. The van der Waals surface area contributed by atoms with Crippen molar-refractivity contribution in [3.8, 4) is 0 Å². The fraction of sp³-hybridized carbons (Fsp3) is 0.474. The summed E-state index contributed by atoms with van der Waals surface area (Å²) in [6, 6.07) is 8.13. The number of amides is 1. The van der Waals surface area contributed by atoms with Gasteiger partial charge in [-0.15, -0.1) is 21.5 Å². The average Bonchev–Trinajstić information content (AvgIpc) is 2.93. The van der Waals surface area contributed by atoms with E-state index in [0.29, 0.717) is 17.5 Å². The number of rotatable bonds is 9. The van der Waals surface area contributed by atoms with Gasteiger partial charge < -0.3 is 10.2 Å². The van der Waals surface area contributed by atoms with E-state index < -0.39 is 5.09 Å². The minimum Gasteiger partial charge on any atom is -0.314 e. The van der Waals surface area contributed by atoms with Crippen LogP contribution in [0.5, 0.6) is 0 Å². The quantitative estimate of drug-likeness (QED) is 0.512. The molecule has 1 heterocycles. The zero-order valence-electron chi connectivity index (χ0n) is 16.0. The van der Waals surface area contributed by atoms with Crippen LogP contribution in [-0.2, 0) is 22.5 Å². The first kappa shape index (κ1) is 20.8. The predicted molar refractivity (Wildman–Crippen MR) is 106 cm³/mol. The Labute approximate surface area is 162 Å². The van der Waals surface area contributed by atoms with Crippen LogP contribution in [-0.4, -0.2) is 22.6 Å². The van der Waals surface area contributed by atoms with Gasteiger partial charge in [0.15, 0.2) is 5.13 Å². The number of anilines is 1. The lowest BCUT2D eigenvalue weighted by Gasteiger charge is -2.12. The highest BCUT2D eigenvalue weighted by Gasteiger charge is 2.18. The molecule has 7 nitrogen and oxygen atoms in total. The van der Waals surface area contributed by atoms with Crippen LogP contribution in [0, 0.1) is 23.0 Å². The summed E-state index contributed by atoms with van der Waals surface area (Å²) in [7, 11) is 0. The third kappa shape index (κ3) is 6.32. The minimum absolute atomic E-state index is 0.0252. The highest BCUT2D eigenvalue weighted by atomic mass is 32.1. The zero-order chi connectivity index (χ0) is 20.0. The number of thiazole rings is 1. The first-order valence-electron chi connectivity index (χ1n) is 8.89. The highest BCUT2D eigenvalue weighted by Crippen LogP contribution is 2.25. The average molecular weight is 391 g/mol. The monoisotopic (exact) mass is 391 g/mol. The third-order valence-electron chi connectivity index (χ3n) is 4.17. The molecule has 0 fully saturated rings. The molecule has 0 aliphatic carbocycles. The van der Waals surface area contributed by atoms with E-state index in [1.54, 1.807) is 0 Å². The van der Waals surface area contributed by atoms with Crippen molar-refractivity contribution in [2.45, 2.75) is 46.5 Å². The number of aryl methyl sites for hydroxylation is 1. The number of hydrogen-bond acceptors (Lipinski definition) is 6. The van der Waals surface area contributed by atoms with Gasteiger partial charge in [0.2, 0.25) is 5.91 Å². The Balaban J connectivity index is 1.96. The fourth-order valence-corrected chi connectivity index (χ4v) is 3.65. The minimum atomic E-state index is -0.812. The standard InChI is InChI=1S/C19H25N3O4S/c1-12(2)11-15-5-7-16(8-6-15)13(3)18(23)21-19-20-14(4)17(27-19)9-10-26-22(24)25/h5-8,12-13H,9-11H2,1-4H3,(H,20,21,23)/t13-/m0/s1. The van der Waals surface area contributed by atoms with Crippen LogP contribution in [0.25, 0.3) is 0 Å². The van der Waals surface area contributed by atoms with Gasteiger partial charge in [-0.1, -0.05) is 38.1 Å². The lowest BCUT2D eigenvalue weighted by atomic mass is 9.96. The second-order valence-corrected chi connectivity index (χ2v) is 7.97. The van der Waals surface area contributed by atoms with E-state index in [1.165, 1.54) is 16.9 Å². The van der Waals surface area contributed by atoms with E-state index in [2.05, 4.69) is 41.1 Å². The molecule has 0 spiro atoms. The number of aromatic nitrogens is 1. The number of benzene rings is 1. The summed E-state index contributed by atoms with van der Waals surface area (Å²) in [6.45, 7) is 8.00. The topological polar surface area (TPSA) is 94.4 Å². The summed E-state index contributed by atoms with van der Waals surface area (Å²) in [5.41, 5.74) is 2.96. The van der Waals surface area contributed by atoms with Crippen molar-refractivity contribution >= 4 is 22.4 Å². The summed E-state index contributed by atoms with van der Waals surface area (Å²) in [6.07, 6.45) is 1.40. The number of carbonyl (C=O) groups excluding carboxylic acids is 1. The molecule has 27 heavy (non-hydrogen) atoms. The highest BCUT2D eigenvalue weighted by molar-refractivity contribution is 7.15. The molecule has 0 radical (unpaired) electrons. The molecule has 8 heteroatoms. The van der Waals surface area contributed by atoms with E-state index in [1.807, 2.05) is 26.0 Å². The molecule has 146 valence electrons. The Bertz CT molecular complexity index is 787. The molecule has 1 N–H and O–H groups in total. The molecule has 0 aliphatic rings. The Hall–Kier alpha value is -2.48.